The van der Waals surface area contributed by atoms with Gasteiger partial charge in [-0.25, -0.2) is 0 Å². The van der Waals surface area contributed by atoms with E-state index in [1.165, 1.54) is 0 Å². The summed E-state index contributed by atoms with van der Waals surface area (Å²) < 4.78 is 43.9. The average Bonchev–Trinajstić information content (AvgIpc) is 1.83. The van der Waals surface area contributed by atoms with Crippen LogP contribution in [-0.2, 0) is 14.3 Å². The van der Waals surface area contributed by atoms with E-state index in [1.54, 1.807) is 0 Å². The van der Waals surface area contributed by atoms with E-state index in [2.05, 4.69) is 9.47 Å². The van der Waals surface area contributed by atoms with Gasteiger partial charge in [0.2, 0.25) is 6.10 Å². The van der Waals surface area contributed by atoms with Gasteiger partial charge in [0.25, 0.3) is 0 Å². The molecule has 0 heterocycles. The van der Waals surface area contributed by atoms with Crippen LogP contribution in [0.15, 0.2) is 0 Å². The molecule has 0 bridgehead atoms. The van der Waals surface area contributed by atoms with Crippen molar-refractivity contribution < 1.29 is 27.4 Å². The summed E-state index contributed by atoms with van der Waals surface area (Å²) in [6.07, 6.45) is -6.73. The number of carbonyl (C=O) groups is 1. The van der Waals surface area contributed by atoms with Crippen molar-refractivity contribution >= 4 is 5.97 Å². The Morgan fingerprint density at radius 3 is 2.25 bits per heavy atom. The van der Waals surface area contributed by atoms with E-state index in [1.807, 2.05) is 0 Å². The Morgan fingerprint density at radius 2 is 2.00 bits per heavy atom. The van der Waals surface area contributed by atoms with Gasteiger partial charge in [0.15, 0.2) is 0 Å². The zero-order chi connectivity index (χ0) is 9.78. The highest BCUT2D eigenvalue weighted by atomic mass is 19.4. The minimum atomic E-state index is -4.57. The van der Waals surface area contributed by atoms with Crippen molar-refractivity contribution in [2.24, 2.45) is 0 Å². The number of hydrogen-bond acceptors (Lipinski definition) is 3. The number of hydrogen-bond donors (Lipinski definition) is 0. The smallest absolute Gasteiger partial charge is 0.427 e. The summed E-state index contributed by atoms with van der Waals surface area (Å²) in [5, 5.41) is 0. The molecule has 3 nitrogen and oxygen atoms in total. The van der Waals surface area contributed by atoms with Crippen LogP contribution in [-0.4, -0.2) is 32.0 Å². The summed E-state index contributed by atoms with van der Waals surface area (Å²) >= 11 is 0. The molecule has 0 radical (unpaired) electrons. The van der Waals surface area contributed by atoms with E-state index in [-0.39, 0.29) is 0 Å². The maximum absolute atomic E-state index is 11.9. The van der Waals surface area contributed by atoms with Gasteiger partial charge in [0, 0.05) is 14.0 Å². The van der Waals surface area contributed by atoms with Crippen LogP contribution in [0.25, 0.3) is 0 Å². The second kappa shape index (κ2) is 4.30. The van der Waals surface area contributed by atoms with Crippen molar-refractivity contribution in [2.45, 2.75) is 19.2 Å². The van der Waals surface area contributed by atoms with Crippen LogP contribution in [0, 0.1) is 0 Å². The Hall–Kier alpha value is -0.780. The first-order chi connectivity index (χ1) is 5.38. The minimum absolute atomic E-state index is 0.677. The van der Waals surface area contributed by atoms with E-state index >= 15 is 0 Å². The lowest BCUT2D eigenvalue weighted by Crippen LogP contribution is -2.36. The van der Waals surface area contributed by atoms with Gasteiger partial charge in [-0.05, 0) is 0 Å². The van der Waals surface area contributed by atoms with Gasteiger partial charge in [0.1, 0.15) is 0 Å². The molecule has 0 saturated heterocycles. The summed E-state index contributed by atoms with van der Waals surface area (Å²) in [4.78, 5) is 10.2. The number of methoxy groups -OCH3 is 1. The fraction of sp³-hybridized carbons (Fsp3) is 0.833. The lowest BCUT2D eigenvalue weighted by atomic mass is 10.4. The Bertz CT molecular complexity index is 155. The van der Waals surface area contributed by atoms with Gasteiger partial charge in [0.05, 0.1) is 6.61 Å². The van der Waals surface area contributed by atoms with Gasteiger partial charge < -0.3 is 9.47 Å². The number of halogens is 3. The normalized spacial score (nSPS) is 14.1. The zero-order valence-corrected chi connectivity index (χ0v) is 6.64. The predicted octanol–water partition coefficient (Wildman–Crippen LogP) is 1.13. The summed E-state index contributed by atoms with van der Waals surface area (Å²) in [5.41, 5.74) is 0. The first-order valence-corrected chi connectivity index (χ1v) is 3.10. The lowest BCUT2D eigenvalue weighted by Gasteiger charge is -2.18. The topological polar surface area (TPSA) is 35.5 Å². The number of alkyl halides is 3. The maximum Gasteiger partial charge on any atom is 0.427 e. The van der Waals surface area contributed by atoms with Crippen LogP contribution in [0.2, 0.25) is 0 Å². The van der Waals surface area contributed by atoms with Crippen LogP contribution in [0.4, 0.5) is 13.2 Å². The standard InChI is InChI=1S/C6H9F3O3/c1-4(10)12-5(3-11-2)6(7,8)9/h5H,3H2,1-2H3. The van der Waals surface area contributed by atoms with Crippen molar-refractivity contribution in [1.29, 1.82) is 0 Å². The molecule has 6 heteroatoms. The van der Waals surface area contributed by atoms with Crippen molar-refractivity contribution in [1.82, 2.24) is 0 Å². The summed E-state index contributed by atoms with van der Waals surface area (Å²) in [6.45, 7) is 0.234. The summed E-state index contributed by atoms with van der Waals surface area (Å²) in [6, 6.07) is 0. The number of carbonyl (C=O) groups excluding carboxylic acids is 1. The van der Waals surface area contributed by atoms with Crippen molar-refractivity contribution in [3.63, 3.8) is 0 Å². The highest BCUT2D eigenvalue weighted by molar-refractivity contribution is 5.66. The molecule has 0 aliphatic heterocycles. The SMILES string of the molecule is COCC(OC(C)=O)C(F)(F)F. The van der Waals surface area contributed by atoms with Gasteiger partial charge in [-0.2, -0.15) is 13.2 Å². The number of esters is 1. The number of ether oxygens (including phenoxy) is 2. The first-order valence-electron chi connectivity index (χ1n) is 3.10. The Labute approximate surface area is 67.4 Å². The molecule has 0 saturated carbocycles. The number of rotatable bonds is 3. The first kappa shape index (κ1) is 11.2. The van der Waals surface area contributed by atoms with Crippen molar-refractivity contribution in [3.8, 4) is 0 Å². The molecule has 0 aromatic carbocycles. The second-order valence-corrected chi connectivity index (χ2v) is 2.10. The van der Waals surface area contributed by atoms with Gasteiger partial charge >= 0.3 is 12.1 Å². The Balaban J connectivity index is 4.13. The lowest BCUT2D eigenvalue weighted by molar-refractivity contribution is -0.229. The third-order valence-electron chi connectivity index (χ3n) is 0.991. The molecule has 1 atom stereocenters. The fourth-order valence-electron chi connectivity index (χ4n) is 0.547. The molecule has 0 N–H and O–H groups in total. The Kier molecular flexibility index (Phi) is 4.02. The highest BCUT2D eigenvalue weighted by Crippen LogP contribution is 2.23. The van der Waals surface area contributed by atoms with Crippen molar-refractivity contribution in [2.75, 3.05) is 13.7 Å². The van der Waals surface area contributed by atoms with Crippen LogP contribution >= 0.6 is 0 Å². The van der Waals surface area contributed by atoms with Crippen LogP contribution < -0.4 is 0 Å². The van der Waals surface area contributed by atoms with Gasteiger partial charge in [-0.1, -0.05) is 0 Å². The second-order valence-electron chi connectivity index (χ2n) is 2.10. The molecule has 0 amide bonds. The van der Waals surface area contributed by atoms with E-state index in [0.717, 1.165) is 14.0 Å². The average molecular weight is 186 g/mol. The molecule has 0 spiro atoms. The monoisotopic (exact) mass is 186 g/mol. The third-order valence-corrected chi connectivity index (χ3v) is 0.991. The summed E-state index contributed by atoms with van der Waals surface area (Å²) in [7, 11) is 1.10. The van der Waals surface area contributed by atoms with E-state index in [9.17, 15) is 18.0 Å². The zero-order valence-electron chi connectivity index (χ0n) is 6.64. The molecule has 0 aromatic rings. The predicted molar refractivity (Wildman–Crippen MR) is 33.5 cm³/mol. The molecular formula is C6H9F3O3. The quantitative estimate of drug-likeness (QED) is 0.619. The molecule has 0 fully saturated rings. The molecule has 0 aromatic heterocycles. The molecule has 12 heavy (non-hydrogen) atoms. The molecule has 0 rings (SSSR count). The summed E-state index contributed by atoms with van der Waals surface area (Å²) in [5.74, 6) is -0.977. The molecule has 0 aliphatic carbocycles. The minimum Gasteiger partial charge on any atom is -0.450 e. The molecule has 72 valence electrons. The van der Waals surface area contributed by atoms with Gasteiger partial charge in [-0.3, -0.25) is 4.79 Å². The molecular weight excluding hydrogens is 177 g/mol. The third kappa shape index (κ3) is 4.17. The molecule has 1 unspecified atom stereocenters. The van der Waals surface area contributed by atoms with Crippen LogP contribution in [0.3, 0.4) is 0 Å². The highest BCUT2D eigenvalue weighted by Gasteiger charge is 2.42. The maximum atomic E-state index is 11.9. The van der Waals surface area contributed by atoms with E-state index in [4.69, 9.17) is 0 Å². The van der Waals surface area contributed by atoms with Crippen LogP contribution in [0.1, 0.15) is 6.92 Å². The fourth-order valence-corrected chi connectivity index (χ4v) is 0.547. The Morgan fingerprint density at radius 1 is 1.50 bits per heavy atom. The molecule has 0 aliphatic rings. The van der Waals surface area contributed by atoms with E-state index < -0.39 is 24.9 Å². The van der Waals surface area contributed by atoms with Crippen molar-refractivity contribution in [3.05, 3.63) is 0 Å². The van der Waals surface area contributed by atoms with Crippen LogP contribution in [0.5, 0.6) is 0 Å². The van der Waals surface area contributed by atoms with Gasteiger partial charge in [-0.15, -0.1) is 0 Å². The van der Waals surface area contributed by atoms with E-state index in [0.29, 0.717) is 0 Å². The largest absolute Gasteiger partial charge is 0.450 e.